The van der Waals surface area contributed by atoms with Gasteiger partial charge in [0.25, 0.3) is 0 Å². The predicted molar refractivity (Wildman–Crippen MR) is 113 cm³/mol. The molecule has 11 heteroatoms. The number of hydrogen-bond donors (Lipinski definition) is 0. The van der Waals surface area contributed by atoms with Gasteiger partial charge in [-0.1, -0.05) is 6.07 Å². The summed E-state index contributed by atoms with van der Waals surface area (Å²) >= 11 is 0. The summed E-state index contributed by atoms with van der Waals surface area (Å²) in [6.45, 7) is 0.353. The highest BCUT2D eigenvalue weighted by molar-refractivity contribution is 5.98. The van der Waals surface area contributed by atoms with Crippen molar-refractivity contribution in [3.8, 4) is 28.7 Å². The zero-order valence-corrected chi connectivity index (χ0v) is 18.5. The largest absolute Gasteiger partial charge is 0.493 e. The Balaban J connectivity index is 1.75. The van der Waals surface area contributed by atoms with Crippen LogP contribution >= 0.6 is 0 Å². The van der Waals surface area contributed by atoms with E-state index in [1.165, 1.54) is 21.3 Å². The number of benzene rings is 2. The molecule has 0 bridgehead atoms. The fourth-order valence-corrected chi connectivity index (χ4v) is 5.00. The number of methoxy groups -OCH3 is 3. The van der Waals surface area contributed by atoms with Gasteiger partial charge in [0.15, 0.2) is 17.2 Å². The molecule has 3 aliphatic heterocycles. The molecule has 0 aliphatic carbocycles. The van der Waals surface area contributed by atoms with Crippen molar-refractivity contribution in [1.82, 2.24) is 4.90 Å². The molecular weight excluding hydrogens is 436 g/mol. The Hall–Kier alpha value is -3.73. The van der Waals surface area contributed by atoms with Gasteiger partial charge in [0, 0.05) is 23.2 Å². The fraction of sp³-hybridized carbons (Fsp3) is 0.409. The van der Waals surface area contributed by atoms with Crippen molar-refractivity contribution in [1.29, 1.82) is 0 Å². The van der Waals surface area contributed by atoms with E-state index < -0.39 is 23.0 Å². The van der Waals surface area contributed by atoms with Crippen LogP contribution < -0.4 is 23.7 Å². The number of nitro benzene ring substituents is 1. The summed E-state index contributed by atoms with van der Waals surface area (Å²) in [5, 5.41) is 12.0. The first kappa shape index (κ1) is 21.1. The van der Waals surface area contributed by atoms with Gasteiger partial charge in [-0.3, -0.25) is 15.0 Å². The van der Waals surface area contributed by atoms with Gasteiger partial charge < -0.3 is 28.4 Å². The van der Waals surface area contributed by atoms with Crippen LogP contribution in [0, 0.1) is 10.1 Å². The maximum atomic E-state index is 12.9. The summed E-state index contributed by atoms with van der Waals surface area (Å²) in [4.78, 5) is 26.5. The molecule has 2 atom stereocenters. The predicted octanol–water partition coefficient (Wildman–Crippen LogP) is 2.79. The molecule has 3 aliphatic rings. The van der Waals surface area contributed by atoms with Crippen LogP contribution in [0.15, 0.2) is 12.1 Å². The van der Waals surface area contributed by atoms with Crippen molar-refractivity contribution in [3.05, 3.63) is 44.5 Å². The third kappa shape index (κ3) is 2.88. The zero-order valence-electron chi connectivity index (χ0n) is 18.5. The van der Waals surface area contributed by atoms with E-state index in [1.54, 1.807) is 12.1 Å². The molecule has 0 fully saturated rings. The van der Waals surface area contributed by atoms with E-state index in [1.807, 2.05) is 11.9 Å². The average molecular weight is 458 g/mol. The zero-order chi connectivity index (χ0) is 23.4. The number of likely N-dealkylation sites (N-methyl/N-ethyl adjacent to an activating group) is 1. The van der Waals surface area contributed by atoms with Crippen molar-refractivity contribution >= 4 is 11.7 Å². The van der Waals surface area contributed by atoms with Gasteiger partial charge in [-0.25, -0.2) is 4.79 Å². The number of cyclic esters (lactones) is 1. The Labute approximate surface area is 188 Å². The minimum atomic E-state index is -0.759. The quantitative estimate of drug-likeness (QED) is 0.376. The number of fused-ring (bicyclic) bond motifs is 3. The van der Waals surface area contributed by atoms with E-state index in [0.29, 0.717) is 41.2 Å². The van der Waals surface area contributed by atoms with Gasteiger partial charge in [-0.15, -0.1) is 0 Å². The molecule has 174 valence electrons. The molecule has 0 amide bonds. The van der Waals surface area contributed by atoms with Crippen molar-refractivity contribution in [2.45, 2.75) is 18.6 Å². The lowest BCUT2D eigenvalue weighted by Crippen LogP contribution is -2.36. The molecule has 0 N–H and O–H groups in total. The van der Waals surface area contributed by atoms with Crippen LogP contribution in [0.2, 0.25) is 0 Å². The van der Waals surface area contributed by atoms with Crippen LogP contribution in [0.25, 0.3) is 0 Å². The van der Waals surface area contributed by atoms with Crippen molar-refractivity contribution < 1.29 is 38.1 Å². The Morgan fingerprint density at radius 3 is 2.48 bits per heavy atom. The molecule has 0 spiro atoms. The first-order valence-electron chi connectivity index (χ1n) is 10.3. The third-order valence-electron chi connectivity index (χ3n) is 6.37. The van der Waals surface area contributed by atoms with E-state index in [-0.39, 0.29) is 35.3 Å². The number of ether oxygens (including phenoxy) is 6. The molecule has 0 saturated heterocycles. The van der Waals surface area contributed by atoms with Crippen molar-refractivity contribution in [2.75, 3.05) is 41.7 Å². The summed E-state index contributed by atoms with van der Waals surface area (Å²) in [6.07, 6.45) is -0.365. The lowest BCUT2D eigenvalue weighted by molar-refractivity contribution is -0.386. The van der Waals surface area contributed by atoms with E-state index in [2.05, 4.69) is 0 Å². The summed E-state index contributed by atoms with van der Waals surface area (Å²) in [7, 11) is 6.28. The Bertz CT molecular complexity index is 1180. The summed E-state index contributed by atoms with van der Waals surface area (Å²) in [5.41, 5.74) is 1.76. The Morgan fingerprint density at radius 2 is 1.82 bits per heavy atom. The standard InChI is InChI=1S/C22H22N2O9/c1-23-8-7-10-13(19(30-4)21-20(31-9-32-21)15(10)24(26)27)16(23)17-11-5-6-12(28-2)18(29-3)14(11)22(25)33-17/h5-6,16-17H,7-9H2,1-4H3/t16-,17+/m1/s1. The van der Waals surface area contributed by atoms with Gasteiger partial charge >= 0.3 is 11.7 Å². The maximum Gasteiger partial charge on any atom is 0.343 e. The minimum Gasteiger partial charge on any atom is -0.493 e. The molecule has 2 aromatic carbocycles. The second kappa shape index (κ2) is 7.69. The minimum absolute atomic E-state index is 0.0640. The topological polar surface area (TPSA) is 119 Å². The lowest BCUT2D eigenvalue weighted by atomic mass is 9.84. The van der Waals surface area contributed by atoms with Gasteiger partial charge in [0.1, 0.15) is 11.7 Å². The Kier molecular flexibility index (Phi) is 4.93. The first-order valence-corrected chi connectivity index (χ1v) is 10.3. The number of hydrogen-bond acceptors (Lipinski definition) is 10. The molecule has 5 rings (SSSR count). The highest BCUT2D eigenvalue weighted by Crippen LogP contribution is 2.58. The second-order valence-corrected chi connectivity index (χ2v) is 7.86. The first-order chi connectivity index (χ1) is 15.9. The summed E-state index contributed by atoms with van der Waals surface area (Å²) in [6, 6.07) is 2.89. The molecule has 0 aromatic heterocycles. The normalized spacial score (nSPS) is 20.7. The second-order valence-electron chi connectivity index (χ2n) is 7.86. The summed E-state index contributed by atoms with van der Waals surface area (Å²) in [5.74, 6) is 0.715. The van der Waals surface area contributed by atoms with E-state index in [9.17, 15) is 14.9 Å². The number of nitrogens with zero attached hydrogens (tertiary/aromatic N) is 2. The summed E-state index contributed by atoms with van der Waals surface area (Å²) < 4.78 is 33.3. The van der Waals surface area contributed by atoms with Crippen molar-refractivity contribution in [2.24, 2.45) is 0 Å². The van der Waals surface area contributed by atoms with Crippen molar-refractivity contribution in [3.63, 3.8) is 0 Å². The van der Waals surface area contributed by atoms with Crippen LogP contribution in [0.5, 0.6) is 28.7 Å². The van der Waals surface area contributed by atoms with Gasteiger partial charge in [0.05, 0.1) is 32.3 Å². The van der Waals surface area contributed by atoms with Crippen LogP contribution in [0.4, 0.5) is 5.69 Å². The monoisotopic (exact) mass is 458 g/mol. The maximum absolute atomic E-state index is 12.9. The molecule has 0 radical (unpaired) electrons. The highest BCUT2D eigenvalue weighted by Gasteiger charge is 2.49. The smallest absolute Gasteiger partial charge is 0.343 e. The van der Waals surface area contributed by atoms with E-state index in [4.69, 9.17) is 28.4 Å². The Morgan fingerprint density at radius 1 is 1.09 bits per heavy atom. The number of nitro groups is 1. The van der Waals surface area contributed by atoms with E-state index >= 15 is 0 Å². The van der Waals surface area contributed by atoms with Crippen LogP contribution in [0.1, 0.15) is 39.2 Å². The fourth-order valence-electron chi connectivity index (χ4n) is 5.00. The highest BCUT2D eigenvalue weighted by atomic mass is 16.7. The van der Waals surface area contributed by atoms with E-state index in [0.717, 1.165) is 0 Å². The number of carbonyl (C=O) groups excluding carboxylic acids is 1. The van der Waals surface area contributed by atoms with Gasteiger partial charge in [-0.05, 0) is 19.5 Å². The third-order valence-corrected chi connectivity index (χ3v) is 6.37. The molecule has 0 unspecified atom stereocenters. The molecule has 3 heterocycles. The van der Waals surface area contributed by atoms with Crippen LogP contribution in [-0.2, 0) is 11.2 Å². The molecule has 11 nitrogen and oxygen atoms in total. The average Bonchev–Trinajstić information content (AvgIpc) is 3.41. The van der Waals surface area contributed by atoms with Crippen LogP contribution in [0.3, 0.4) is 0 Å². The van der Waals surface area contributed by atoms with Gasteiger partial charge in [-0.2, -0.15) is 0 Å². The molecule has 2 aromatic rings. The lowest BCUT2D eigenvalue weighted by Gasteiger charge is -2.38. The molecule has 0 saturated carbocycles. The number of carbonyl (C=O) groups is 1. The number of rotatable bonds is 5. The SMILES string of the molecule is COc1ccc2c(c1OC)C(=O)O[C@@H]2[C@H]1c2c(c([N+](=O)[O-])c3c(c2OC)OCO3)CCN1C. The van der Waals surface area contributed by atoms with Gasteiger partial charge in [0.2, 0.25) is 18.3 Å². The number of esters is 1. The van der Waals surface area contributed by atoms with Crippen LogP contribution in [-0.4, -0.2) is 57.5 Å². The molecule has 33 heavy (non-hydrogen) atoms. The molecular formula is C22H22N2O9.